The average Bonchev–Trinajstić information content (AvgIpc) is 3.10. The monoisotopic (exact) mass is 442 g/mol. The van der Waals surface area contributed by atoms with Gasteiger partial charge in [-0.2, -0.15) is 0 Å². The van der Waals surface area contributed by atoms with E-state index in [0.29, 0.717) is 29.2 Å². The quantitative estimate of drug-likeness (QED) is 0.510. The second kappa shape index (κ2) is 10.2. The normalized spacial score (nSPS) is 11.9. The van der Waals surface area contributed by atoms with E-state index < -0.39 is 23.7 Å². The number of nitrogens with one attached hydrogen (secondary N) is 1. The number of amides is 1. The second-order valence-corrected chi connectivity index (χ2v) is 7.53. The van der Waals surface area contributed by atoms with Gasteiger partial charge in [0.1, 0.15) is 29.9 Å². The standard InChI is InChI=1S/C23H27FN4O4/c1-5-6-9-17(23(30)31-4)27-22(29)20-15(3)26-21-19(11-14(2)12-28(20)21)32-13-18-16(24)8-7-10-25-18/h7-8,10-12,17H,5-6,9,13H2,1-4H3,(H,27,29)/t17-/m0/s1. The Balaban J connectivity index is 1.91. The van der Waals surface area contributed by atoms with Gasteiger partial charge in [0.15, 0.2) is 11.4 Å². The van der Waals surface area contributed by atoms with Crippen molar-refractivity contribution < 1.29 is 23.5 Å². The Kier molecular flexibility index (Phi) is 7.40. The largest absolute Gasteiger partial charge is 0.483 e. The van der Waals surface area contributed by atoms with Crippen LogP contribution in [0.3, 0.4) is 0 Å². The Morgan fingerprint density at radius 2 is 2.09 bits per heavy atom. The Hall–Kier alpha value is -3.49. The summed E-state index contributed by atoms with van der Waals surface area (Å²) in [7, 11) is 1.30. The van der Waals surface area contributed by atoms with Gasteiger partial charge in [0.25, 0.3) is 5.91 Å². The van der Waals surface area contributed by atoms with Crippen molar-refractivity contribution in [2.24, 2.45) is 0 Å². The highest BCUT2D eigenvalue weighted by Crippen LogP contribution is 2.25. The summed E-state index contributed by atoms with van der Waals surface area (Å²) in [5, 5.41) is 2.77. The van der Waals surface area contributed by atoms with E-state index in [-0.39, 0.29) is 12.3 Å². The van der Waals surface area contributed by atoms with Gasteiger partial charge >= 0.3 is 5.97 Å². The maximum atomic E-state index is 13.9. The summed E-state index contributed by atoms with van der Waals surface area (Å²) in [6.07, 6.45) is 5.39. The molecule has 0 aromatic carbocycles. The number of carbonyl (C=O) groups is 2. The van der Waals surface area contributed by atoms with Gasteiger partial charge in [0, 0.05) is 12.4 Å². The average molecular weight is 442 g/mol. The van der Waals surface area contributed by atoms with Crippen molar-refractivity contribution in [2.45, 2.75) is 52.7 Å². The van der Waals surface area contributed by atoms with Crippen molar-refractivity contribution >= 4 is 17.5 Å². The molecule has 0 fully saturated rings. The number of unbranched alkanes of at least 4 members (excludes halogenated alkanes) is 1. The lowest BCUT2D eigenvalue weighted by Gasteiger charge is -2.16. The number of carbonyl (C=O) groups excluding carboxylic acids is 2. The summed E-state index contributed by atoms with van der Waals surface area (Å²) < 4.78 is 26.2. The first kappa shape index (κ1) is 23.2. The van der Waals surface area contributed by atoms with Gasteiger partial charge < -0.3 is 14.8 Å². The number of hydrogen-bond acceptors (Lipinski definition) is 6. The third kappa shape index (κ3) is 5.04. The van der Waals surface area contributed by atoms with Crippen LogP contribution in [0, 0.1) is 19.7 Å². The minimum atomic E-state index is -0.745. The molecule has 9 heteroatoms. The molecule has 0 spiro atoms. The van der Waals surface area contributed by atoms with Crippen LogP contribution in [0.25, 0.3) is 5.65 Å². The van der Waals surface area contributed by atoms with Crippen LogP contribution < -0.4 is 10.1 Å². The summed E-state index contributed by atoms with van der Waals surface area (Å²) in [5.41, 5.74) is 2.17. The van der Waals surface area contributed by atoms with Crippen LogP contribution >= 0.6 is 0 Å². The maximum Gasteiger partial charge on any atom is 0.328 e. The molecule has 0 aliphatic carbocycles. The number of rotatable bonds is 9. The molecule has 0 aliphatic rings. The van der Waals surface area contributed by atoms with Crippen LogP contribution in [0.15, 0.2) is 30.6 Å². The number of imidazole rings is 1. The third-order valence-electron chi connectivity index (χ3n) is 5.05. The molecule has 3 rings (SSSR count). The minimum Gasteiger partial charge on any atom is -0.483 e. The van der Waals surface area contributed by atoms with Crippen LogP contribution in [0.5, 0.6) is 5.75 Å². The van der Waals surface area contributed by atoms with E-state index in [1.54, 1.807) is 23.6 Å². The van der Waals surface area contributed by atoms with E-state index in [0.717, 1.165) is 18.4 Å². The number of pyridine rings is 2. The SMILES string of the molecule is CCCC[C@H](NC(=O)c1c(C)nc2c(OCc3ncccc3F)cc(C)cn12)C(=O)OC. The molecule has 170 valence electrons. The smallest absolute Gasteiger partial charge is 0.328 e. The molecule has 1 atom stereocenters. The molecule has 0 saturated carbocycles. The molecule has 0 bridgehead atoms. The molecule has 8 nitrogen and oxygen atoms in total. The van der Waals surface area contributed by atoms with E-state index in [4.69, 9.17) is 9.47 Å². The molecule has 0 unspecified atom stereocenters. The number of hydrogen-bond donors (Lipinski definition) is 1. The van der Waals surface area contributed by atoms with E-state index in [9.17, 15) is 14.0 Å². The van der Waals surface area contributed by atoms with E-state index in [1.165, 1.54) is 25.4 Å². The van der Waals surface area contributed by atoms with Crippen LogP contribution in [-0.4, -0.2) is 39.4 Å². The first-order valence-electron chi connectivity index (χ1n) is 10.5. The van der Waals surface area contributed by atoms with E-state index in [2.05, 4.69) is 15.3 Å². The van der Waals surface area contributed by atoms with Crippen LogP contribution in [-0.2, 0) is 16.1 Å². The molecular formula is C23H27FN4O4. The zero-order valence-electron chi connectivity index (χ0n) is 18.6. The van der Waals surface area contributed by atoms with Crippen molar-refractivity contribution in [3.05, 3.63) is 59.1 Å². The molecule has 3 heterocycles. The lowest BCUT2D eigenvalue weighted by atomic mass is 10.1. The first-order valence-corrected chi connectivity index (χ1v) is 10.5. The zero-order chi connectivity index (χ0) is 23.3. The summed E-state index contributed by atoms with van der Waals surface area (Å²) in [6.45, 7) is 5.48. The summed E-state index contributed by atoms with van der Waals surface area (Å²) >= 11 is 0. The fourth-order valence-electron chi connectivity index (χ4n) is 3.43. The second-order valence-electron chi connectivity index (χ2n) is 7.53. The summed E-state index contributed by atoms with van der Waals surface area (Å²) in [4.78, 5) is 33.7. The lowest BCUT2D eigenvalue weighted by molar-refractivity contribution is -0.143. The molecule has 3 aromatic heterocycles. The molecule has 1 amide bonds. The van der Waals surface area contributed by atoms with Gasteiger partial charge in [0.2, 0.25) is 0 Å². The molecule has 1 N–H and O–H groups in total. The van der Waals surface area contributed by atoms with Crippen LogP contribution in [0.4, 0.5) is 4.39 Å². The van der Waals surface area contributed by atoms with Crippen molar-refractivity contribution in [1.82, 2.24) is 19.7 Å². The number of esters is 1. The fraction of sp³-hybridized carbons (Fsp3) is 0.391. The predicted octanol–water partition coefficient (Wildman–Crippen LogP) is 3.53. The van der Waals surface area contributed by atoms with Crippen molar-refractivity contribution in [3.63, 3.8) is 0 Å². The Bertz CT molecular complexity index is 1130. The van der Waals surface area contributed by atoms with Gasteiger partial charge in [-0.1, -0.05) is 19.8 Å². The summed E-state index contributed by atoms with van der Waals surface area (Å²) in [5.74, 6) is -0.992. The Morgan fingerprint density at radius 1 is 1.31 bits per heavy atom. The highest BCUT2D eigenvalue weighted by Gasteiger charge is 2.25. The molecular weight excluding hydrogens is 415 g/mol. The molecule has 32 heavy (non-hydrogen) atoms. The van der Waals surface area contributed by atoms with Crippen molar-refractivity contribution in [3.8, 4) is 5.75 Å². The number of ether oxygens (including phenoxy) is 2. The Labute approximate surface area is 185 Å². The van der Waals surface area contributed by atoms with Crippen molar-refractivity contribution in [1.29, 1.82) is 0 Å². The van der Waals surface area contributed by atoms with Gasteiger partial charge in [-0.3, -0.25) is 14.2 Å². The lowest BCUT2D eigenvalue weighted by Crippen LogP contribution is -2.42. The highest BCUT2D eigenvalue weighted by molar-refractivity contribution is 5.97. The zero-order valence-corrected chi connectivity index (χ0v) is 18.6. The predicted molar refractivity (Wildman–Crippen MR) is 116 cm³/mol. The number of fused-ring (bicyclic) bond motifs is 1. The van der Waals surface area contributed by atoms with E-state index in [1.807, 2.05) is 13.8 Å². The minimum absolute atomic E-state index is 0.0827. The van der Waals surface area contributed by atoms with Gasteiger partial charge in [-0.05, 0) is 44.0 Å². The topological polar surface area (TPSA) is 94.8 Å². The molecule has 0 saturated heterocycles. The number of aryl methyl sites for hydroxylation is 2. The fourth-order valence-corrected chi connectivity index (χ4v) is 3.43. The first-order chi connectivity index (χ1) is 15.3. The van der Waals surface area contributed by atoms with Crippen molar-refractivity contribution in [2.75, 3.05) is 7.11 Å². The number of aromatic nitrogens is 3. The number of methoxy groups -OCH3 is 1. The van der Waals surface area contributed by atoms with Gasteiger partial charge in [-0.15, -0.1) is 0 Å². The molecule has 3 aromatic rings. The molecule has 0 aliphatic heterocycles. The number of halogens is 1. The highest BCUT2D eigenvalue weighted by atomic mass is 19.1. The Morgan fingerprint density at radius 3 is 2.78 bits per heavy atom. The summed E-state index contributed by atoms with van der Waals surface area (Å²) in [6, 6.07) is 3.85. The van der Waals surface area contributed by atoms with Gasteiger partial charge in [-0.25, -0.2) is 14.2 Å². The van der Waals surface area contributed by atoms with Crippen LogP contribution in [0.2, 0.25) is 0 Å². The maximum absolute atomic E-state index is 13.9. The third-order valence-corrected chi connectivity index (χ3v) is 5.05. The molecule has 0 radical (unpaired) electrons. The van der Waals surface area contributed by atoms with Gasteiger partial charge in [0.05, 0.1) is 12.8 Å². The number of nitrogens with zero attached hydrogens (tertiary/aromatic N) is 3. The van der Waals surface area contributed by atoms with E-state index >= 15 is 0 Å². The van der Waals surface area contributed by atoms with Crippen LogP contribution in [0.1, 0.15) is 53.6 Å².